The molecular weight excluding hydrogens is 484 g/mol. The number of aromatic hydroxyl groups is 1. The Hall–Kier alpha value is -3.08. The van der Waals surface area contributed by atoms with Crippen molar-refractivity contribution in [1.29, 1.82) is 0 Å². The van der Waals surface area contributed by atoms with Gasteiger partial charge in [0, 0.05) is 0 Å². The van der Waals surface area contributed by atoms with Gasteiger partial charge in [-0.1, -0.05) is 17.7 Å². The van der Waals surface area contributed by atoms with Gasteiger partial charge in [0.15, 0.2) is 17.7 Å². The van der Waals surface area contributed by atoms with Gasteiger partial charge in [0.2, 0.25) is 0 Å². The molecule has 1 aliphatic heterocycles. The molecule has 14 nitrogen and oxygen atoms in total. The minimum absolute atomic E-state index is 0.0965. The third-order valence-corrected chi connectivity index (χ3v) is 6.02. The van der Waals surface area contributed by atoms with E-state index in [9.17, 15) is 28.5 Å². The summed E-state index contributed by atoms with van der Waals surface area (Å²) in [5.41, 5.74) is 5.81. The van der Waals surface area contributed by atoms with Gasteiger partial charge in [0.1, 0.15) is 35.9 Å². The van der Waals surface area contributed by atoms with Crippen molar-refractivity contribution < 1.29 is 37.5 Å². The molecule has 2 unspecified atom stereocenters. The van der Waals surface area contributed by atoms with Crippen molar-refractivity contribution in [3.63, 3.8) is 0 Å². The molecule has 33 heavy (non-hydrogen) atoms. The molecule has 0 radical (unpaired) electrons. The zero-order valence-corrected chi connectivity index (χ0v) is 18.0. The third-order valence-electron chi connectivity index (χ3n) is 4.84. The van der Waals surface area contributed by atoms with Crippen molar-refractivity contribution in [1.82, 2.24) is 24.2 Å². The number of nitrogens with zero attached hydrogens (tertiary/aromatic N) is 4. The van der Waals surface area contributed by atoms with E-state index in [0.29, 0.717) is 0 Å². The summed E-state index contributed by atoms with van der Waals surface area (Å²) in [6.45, 7) is -0.747. The molecular formula is C17H17ClN6O8S. The first-order valence-electron chi connectivity index (χ1n) is 9.22. The van der Waals surface area contributed by atoms with E-state index < -0.39 is 58.7 Å². The van der Waals surface area contributed by atoms with Gasteiger partial charge in [-0.05, 0) is 12.1 Å². The van der Waals surface area contributed by atoms with E-state index in [4.69, 9.17) is 26.3 Å². The standard InChI is InChI=1S/C17H17ClN6O8S/c18-8-3-1-2-7(11(8)25)16(28)23-33(29,30)31-4-9-12(26)13(27)17(32-9)24-6-22-10-14(19)20-5-21-15(10)24/h1-3,5-6,9,12-13,17,25-27H,4H2,(H,23,28)(H2,19,20,21)/t9?,12-,13-,17?/m1/s1. The zero-order chi connectivity index (χ0) is 23.9. The number of para-hydroxylation sites is 1. The molecule has 1 fully saturated rings. The summed E-state index contributed by atoms with van der Waals surface area (Å²) in [6, 6.07) is 3.80. The number of nitrogen functional groups attached to an aromatic ring is 1. The maximum Gasteiger partial charge on any atom is 0.362 e. The summed E-state index contributed by atoms with van der Waals surface area (Å²) >= 11 is 5.71. The average Bonchev–Trinajstić information content (AvgIpc) is 3.31. The number of ether oxygens (including phenoxy) is 1. The molecule has 3 heterocycles. The van der Waals surface area contributed by atoms with Gasteiger partial charge in [0.25, 0.3) is 5.91 Å². The predicted molar refractivity (Wildman–Crippen MR) is 111 cm³/mol. The Balaban J connectivity index is 1.44. The molecule has 4 rings (SSSR count). The summed E-state index contributed by atoms with van der Waals surface area (Å²) in [5.74, 6) is -1.70. The Morgan fingerprint density at radius 3 is 2.79 bits per heavy atom. The molecule has 0 bridgehead atoms. The normalized spacial score (nSPS) is 23.1. The van der Waals surface area contributed by atoms with Crippen LogP contribution in [0.3, 0.4) is 0 Å². The number of phenolic OH excluding ortho intramolecular Hbond substituents is 1. The van der Waals surface area contributed by atoms with Crippen LogP contribution in [-0.4, -0.2) is 74.1 Å². The number of halogens is 1. The number of aromatic nitrogens is 4. The highest BCUT2D eigenvalue weighted by Crippen LogP contribution is 2.32. The highest BCUT2D eigenvalue weighted by molar-refractivity contribution is 7.85. The van der Waals surface area contributed by atoms with Crippen molar-refractivity contribution in [2.75, 3.05) is 12.3 Å². The van der Waals surface area contributed by atoms with Gasteiger partial charge >= 0.3 is 10.3 Å². The van der Waals surface area contributed by atoms with Crippen LogP contribution in [0.4, 0.5) is 5.82 Å². The molecule has 16 heteroatoms. The van der Waals surface area contributed by atoms with Gasteiger partial charge < -0.3 is 25.8 Å². The maximum atomic E-state index is 12.2. The van der Waals surface area contributed by atoms with Crippen LogP contribution in [-0.2, 0) is 19.2 Å². The Labute approximate surface area is 190 Å². The lowest BCUT2D eigenvalue weighted by molar-refractivity contribution is -0.0468. The minimum Gasteiger partial charge on any atom is -0.506 e. The van der Waals surface area contributed by atoms with E-state index in [2.05, 4.69) is 15.0 Å². The lowest BCUT2D eigenvalue weighted by Gasteiger charge is -2.16. The fourth-order valence-electron chi connectivity index (χ4n) is 3.21. The summed E-state index contributed by atoms with van der Waals surface area (Å²) < 4.78 is 37.5. The number of benzene rings is 1. The molecule has 176 valence electrons. The van der Waals surface area contributed by atoms with Crippen LogP contribution in [0.15, 0.2) is 30.9 Å². The Morgan fingerprint density at radius 2 is 2.03 bits per heavy atom. The van der Waals surface area contributed by atoms with Crippen LogP contribution in [0.25, 0.3) is 11.2 Å². The number of fused-ring (bicyclic) bond motifs is 1. The van der Waals surface area contributed by atoms with E-state index >= 15 is 0 Å². The molecule has 1 saturated heterocycles. The van der Waals surface area contributed by atoms with Crippen molar-refractivity contribution in [3.8, 4) is 5.75 Å². The molecule has 0 spiro atoms. The van der Waals surface area contributed by atoms with Crippen molar-refractivity contribution >= 4 is 44.8 Å². The maximum absolute atomic E-state index is 12.2. The number of anilines is 1. The summed E-state index contributed by atoms with van der Waals surface area (Å²) in [7, 11) is -4.68. The number of carbonyl (C=O) groups excluding carboxylic acids is 1. The first-order valence-corrected chi connectivity index (χ1v) is 11.0. The molecule has 1 aliphatic rings. The van der Waals surface area contributed by atoms with Crippen LogP contribution in [0.1, 0.15) is 16.6 Å². The molecule has 0 aliphatic carbocycles. The van der Waals surface area contributed by atoms with Crippen LogP contribution in [0.2, 0.25) is 5.02 Å². The van der Waals surface area contributed by atoms with Gasteiger partial charge in [-0.3, -0.25) is 13.5 Å². The average molecular weight is 501 g/mol. The summed E-state index contributed by atoms with van der Waals surface area (Å²) in [4.78, 5) is 24.0. The highest BCUT2D eigenvalue weighted by Gasteiger charge is 2.45. The molecule has 2 aromatic heterocycles. The van der Waals surface area contributed by atoms with Gasteiger partial charge in [-0.25, -0.2) is 19.7 Å². The molecule has 3 aromatic rings. The van der Waals surface area contributed by atoms with Gasteiger partial charge in [-0.15, -0.1) is 0 Å². The number of nitrogens with two attached hydrogens (primary N) is 1. The second-order valence-electron chi connectivity index (χ2n) is 6.94. The largest absolute Gasteiger partial charge is 0.506 e. The summed E-state index contributed by atoms with van der Waals surface area (Å²) in [6.07, 6.45) is -3.07. The molecule has 6 N–H and O–H groups in total. The Bertz CT molecular complexity index is 1320. The minimum atomic E-state index is -4.68. The molecule has 1 amide bonds. The Kier molecular flexibility index (Phi) is 6.08. The van der Waals surface area contributed by atoms with Crippen molar-refractivity contribution in [3.05, 3.63) is 41.4 Å². The number of hydrogen-bond acceptors (Lipinski definition) is 12. The van der Waals surface area contributed by atoms with Crippen LogP contribution in [0.5, 0.6) is 5.75 Å². The number of imidazole rings is 1. The van der Waals surface area contributed by atoms with Crippen LogP contribution < -0.4 is 10.5 Å². The fraction of sp³-hybridized carbons (Fsp3) is 0.294. The van der Waals surface area contributed by atoms with Gasteiger partial charge in [-0.2, -0.15) is 8.42 Å². The van der Waals surface area contributed by atoms with Gasteiger partial charge in [0.05, 0.1) is 23.5 Å². The molecule has 0 saturated carbocycles. The van der Waals surface area contributed by atoms with Crippen LogP contribution >= 0.6 is 11.6 Å². The second-order valence-corrected chi connectivity index (χ2v) is 8.69. The quantitative estimate of drug-likeness (QED) is 0.278. The number of phenols is 1. The number of carbonyl (C=O) groups is 1. The van der Waals surface area contributed by atoms with Crippen molar-refractivity contribution in [2.24, 2.45) is 0 Å². The van der Waals surface area contributed by atoms with E-state index in [0.717, 1.165) is 6.07 Å². The Morgan fingerprint density at radius 1 is 1.27 bits per heavy atom. The number of nitrogens with one attached hydrogen (secondary N) is 1. The zero-order valence-electron chi connectivity index (χ0n) is 16.4. The van der Waals surface area contributed by atoms with Crippen LogP contribution in [0, 0.1) is 0 Å². The van der Waals surface area contributed by atoms with E-state index in [1.165, 1.54) is 29.4 Å². The first-order chi connectivity index (χ1) is 15.6. The predicted octanol–water partition coefficient (Wildman–Crippen LogP) is -0.922. The van der Waals surface area contributed by atoms with Crippen molar-refractivity contribution in [2.45, 2.75) is 24.5 Å². The first kappa shape index (κ1) is 23.1. The third kappa shape index (κ3) is 4.41. The number of rotatable bonds is 6. The SMILES string of the molecule is Nc1ncnc2c1ncn2C1OC(COS(=O)(=O)NC(=O)c2cccc(Cl)c2O)[C@@H](O)[C@H]1O. The lowest BCUT2D eigenvalue weighted by atomic mass is 10.1. The number of amides is 1. The van der Waals surface area contributed by atoms with E-state index in [-0.39, 0.29) is 22.0 Å². The lowest BCUT2D eigenvalue weighted by Crippen LogP contribution is -2.37. The summed E-state index contributed by atoms with van der Waals surface area (Å²) in [5, 5.41) is 30.4. The van der Waals surface area contributed by atoms with E-state index in [1.54, 1.807) is 4.72 Å². The molecule has 1 aromatic carbocycles. The molecule has 4 atom stereocenters. The second kappa shape index (κ2) is 8.69. The monoisotopic (exact) mass is 500 g/mol. The number of aliphatic hydroxyl groups is 2. The number of hydrogen-bond donors (Lipinski definition) is 5. The topological polar surface area (TPSA) is 212 Å². The number of aliphatic hydroxyl groups excluding tert-OH is 2. The van der Waals surface area contributed by atoms with E-state index in [1.807, 2.05) is 0 Å². The smallest absolute Gasteiger partial charge is 0.362 e. The fourth-order valence-corrected chi connectivity index (χ4v) is 4.09. The highest BCUT2D eigenvalue weighted by atomic mass is 35.5.